The number of hydrogen-bond donors (Lipinski definition) is 4. The largest absolute Gasteiger partial charge is 0.351 e. The lowest BCUT2D eigenvalue weighted by molar-refractivity contribution is 0.460. The molecule has 4 N–H and O–H groups in total. The third-order valence-electron chi connectivity index (χ3n) is 4.24. The van der Waals surface area contributed by atoms with Gasteiger partial charge in [-0.3, -0.25) is 0 Å². The fourth-order valence-electron chi connectivity index (χ4n) is 3.01. The molecular weight excluding hydrogens is 298 g/mol. The highest BCUT2D eigenvalue weighted by atomic mass is 32.1. The highest BCUT2D eigenvalue weighted by molar-refractivity contribution is 7.80. The maximum atomic E-state index is 5.87. The fourth-order valence-corrected chi connectivity index (χ4v) is 3.13. The van der Waals surface area contributed by atoms with Gasteiger partial charge in [0.2, 0.25) is 11.9 Å². The molecule has 3 rings (SSSR count). The zero-order valence-electron chi connectivity index (χ0n) is 12.8. The SMILES string of the molecule is NC(S)c1nc(NC2CCCCC2)nc(N2CCNCC2)n1. The monoisotopic (exact) mass is 323 g/mol. The smallest absolute Gasteiger partial charge is 0.230 e. The molecule has 0 bridgehead atoms. The molecule has 1 aliphatic carbocycles. The molecule has 1 atom stereocenters. The van der Waals surface area contributed by atoms with E-state index in [9.17, 15) is 0 Å². The Balaban J connectivity index is 1.79. The average Bonchev–Trinajstić information content (AvgIpc) is 2.56. The van der Waals surface area contributed by atoms with Crippen LogP contribution in [0.3, 0.4) is 0 Å². The zero-order valence-corrected chi connectivity index (χ0v) is 13.7. The average molecular weight is 323 g/mol. The maximum absolute atomic E-state index is 5.87. The van der Waals surface area contributed by atoms with Crippen LogP contribution in [0.5, 0.6) is 0 Å². The van der Waals surface area contributed by atoms with E-state index < -0.39 is 5.37 Å². The van der Waals surface area contributed by atoms with Gasteiger partial charge in [0.25, 0.3) is 0 Å². The van der Waals surface area contributed by atoms with Gasteiger partial charge >= 0.3 is 0 Å². The van der Waals surface area contributed by atoms with Gasteiger partial charge in [-0.15, -0.1) is 0 Å². The van der Waals surface area contributed by atoms with Gasteiger partial charge in [0.05, 0.1) is 0 Å². The van der Waals surface area contributed by atoms with Crippen molar-refractivity contribution in [1.29, 1.82) is 0 Å². The Morgan fingerprint density at radius 3 is 2.55 bits per heavy atom. The summed E-state index contributed by atoms with van der Waals surface area (Å²) in [5, 5.41) is 6.31. The Bertz CT molecular complexity index is 484. The van der Waals surface area contributed by atoms with Crippen molar-refractivity contribution in [1.82, 2.24) is 20.3 Å². The van der Waals surface area contributed by atoms with Crippen LogP contribution in [0.1, 0.15) is 43.3 Å². The van der Waals surface area contributed by atoms with Crippen molar-refractivity contribution in [2.45, 2.75) is 43.5 Å². The lowest BCUT2D eigenvalue weighted by atomic mass is 9.96. The van der Waals surface area contributed by atoms with E-state index >= 15 is 0 Å². The summed E-state index contributed by atoms with van der Waals surface area (Å²) in [6.07, 6.45) is 6.22. The van der Waals surface area contributed by atoms with Gasteiger partial charge in [-0.25, -0.2) is 0 Å². The maximum Gasteiger partial charge on any atom is 0.230 e. The highest BCUT2D eigenvalue weighted by Gasteiger charge is 2.20. The first kappa shape index (κ1) is 15.8. The molecule has 7 nitrogen and oxygen atoms in total. The molecule has 1 saturated carbocycles. The Kier molecular flexibility index (Phi) is 5.32. The minimum Gasteiger partial charge on any atom is -0.351 e. The van der Waals surface area contributed by atoms with Gasteiger partial charge in [-0.05, 0) is 12.8 Å². The number of hydrogen-bond acceptors (Lipinski definition) is 8. The van der Waals surface area contributed by atoms with Crippen LogP contribution in [0.25, 0.3) is 0 Å². The normalized spacial score (nSPS) is 21.6. The summed E-state index contributed by atoms with van der Waals surface area (Å²) in [6, 6.07) is 0.455. The van der Waals surface area contributed by atoms with E-state index in [0.29, 0.717) is 23.8 Å². The molecule has 2 heterocycles. The van der Waals surface area contributed by atoms with Crippen LogP contribution >= 0.6 is 12.6 Å². The first-order chi connectivity index (χ1) is 10.7. The predicted octanol–water partition coefficient (Wildman–Crippen LogP) is 0.913. The number of thiol groups is 1. The highest BCUT2D eigenvalue weighted by Crippen LogP contribution is 2.22. The molecule has 22 heavy (non-hydrogen) atoms. The summed E-state index contributed by atoms with van der Waals surface area (Å²) >= 11 is 4.28. The van der Waals surface area contributed by atoms with Crippen LogP contribution in [-0.4, -0.2) is 47.2 Å². The van der Waals surface area contributed by atoms with Crippen LogP contribution < -0.4 is 21.3 Å². The van der Waals surface area contributed by atoms with E-state index in [2.05, 4.69) is 43.1 Å². The van der Waals surface area contributed by atoms with Gasteiger partial charge in [-0.1, -0.05) is 19.3 Å². The predicted molar refractivity (Wildman–Crippen MR) is 91.3 cm³/mol. The number of nitrogens with one attached hydrogen (secondary N) is 2. The van der Waals surface area contributed by atoms with E-state index in [4.69, 9.17) is 5.73 Å². The third-order valence-corrected chi connectivity index (χ3v) is 4.47. The molecule has 122 valence electrons. The van der Waals surface area contributed by atoms with Crippen LogP contribution in [0, 0.1) is 0 Å². The summed E-state index contributed by atoms with van der Waals surface area (Å²) in [6.45, 7) is 3.68. The second-order valence-corrected chi connectivity index (χ2v) is 6.53. The van der Waals surface area contributed by atoms with Crippen molar-refractivity contribution in [2.75, 3.05) is 36.4 Å². The Labute approximate surface area is 136 Å². The van der Waals surface area contributed by atoms with Crippen molar-refractivity contribution in [2.24, 2.45) is 5.73 Å². The molecule has 0 amide bonds. The third kappa shape index (κ3) is 3.99. The molecule has 1 aromatic rings. The number of nitrogens with zero attached hydrogens (tertiary/aromatic N) is 4. The number of rotatable bonds is 4. The summed E-state index contributed by atoms with van der Waals surface area (Å²) < 4.78 is 0. The topological polar surface area (TPSA) is 92.0 Å². The number of piperazine rings is 1. The molecule has 1 unspecified atom stereocenters. The molecule has 2 fully saturated rings. The van der Waals surface area contributed by atoms with Crippen molar-refractivity contribution in [3.8, 4) is 0 Å². The molecule has 1 aromatic heterocycles. The Morgan fingerprint density at radius 2 is 1.86 bits per heavy atom. The van der Waals surface area contributed by atoms with Gasteiger partial charge in [0.1, 0.15) is 5.37 Å². The Hall–Kier alpha value is -1.12. The summed E-state index contributed by atoms with van der Waals surface area (Å²) in [5.41, 5.74) is 5.87. The van der Waals surface area contributed by atoms with Crippen LogP contribution in [0.4, 0.5) is 11.9 Å². The van der Waals surface area contributed by atoms with Crippen molar-refractivity contribution >= 4 is 24.5 Å². The summed E-state index contributed by atoms with van der Waals surface area (Å²) in [7, 11) is 0. The van der Waals surface area contributed by atoms with Crippen LogP contribution in [0.15, 0.2) is 0 Å². The first-order valence-electron chi connectivity index (χ1n) is 8.14. The number of aromatic nitrogens is 3. The quantitative estimate of drug-likeness (QED) is 0.483. The second-order valence-electron chi connectivity index (χ2n) is 5.98. The van der Waals surface area contributed by atoms with Gasteiger partial charge in [-0.2, -0.15) is 27.6 Å². The second kappa shape index (κ2) is 7.43. The van der Waals surface area contributed by atoms with Gasteiger partial charge < -0.3 is 21.3 Å². The summed E-state index contributed by atoms with van der Waals surface area (Å²) in [5.74, 6) is 1.87. The van der Waals surface area contributed by atoms with E-state index in [1.54, 1.807) is 0 Å². The minimum absolute atomic E-state index is 0.455. The molecule has 1 saturated heterocycles. The molecule has 0 radical (unpaired) electrons. The van der Waals surface area contributed by atoms with Crippen LogP contribution in [0.2, 0.25) is 0 Å². The molecule has 2 aliphatic rings. The van der Waals surface area contributed by atoms with Gasteiger partial charge in [0, 0.05) is 32.2 Å². The lowest BCUT2D eigenvalue weighted by Gasteiger charge is -2.28. The summed E-state index contributed by atoms with van der Waals surface area (Å²) in [4.78, 5) is 15.7. The molecule has 0 aromatic carbocycles. The van der Waals surface area contributed by atoms with E-state index in [-0.39, 0.29) is 0 Å². The standard InChI is InChI=1S/C14H25N7S/c15-11(22)12-18-13(17-10-4-2-1-3-5-10)20-14(19-12)21-8-6-16-7-9-21/h10-11,16,22H,1-9,15H2,(H,17,18,19,20). The van der Waals surface area contributed by atoms with Crippen molar-refractivity contribution in [3.63, 3.8) is 0 Å². The molecule has 8 heteroatoms. The lowest BCUT2D eigenvalue weighted by Crippen LogP contribution is -2.44. The van der Waals surface area contributed by atoms with Gasteiger partial charge in [0.15, 0.2) is 5.82 Å². The van der Waals surface area contributed by atoms with Crippen molar-refractivity contribution < 1.29 is 0 Å². The molecular formula is C14H25N7S. The molecule has 0 spiro atoms. The van der Waals surface area contributed by atoms with Crippen molar-refractivity contribution in [3.05, 3.63) is 5.82 Å². The number of nitrogens with two attached hydrogens (primary N) is 1. The molecule has 1 aliphatic heterocycles. The van der Waals surface area contributed by atoms with E-state index in [1.165, 1.54) is 32.1 Å². The zero-order chi connectivity index (χ0) is 15.4. The van der Waals surface area contributed by atoms with E-state index in [1.807, 2.05) is 0 Å². The number of anilines is 2. The minimum atomic E-state index is -0.489. The van der Waals surface area contributed by atoms with Crippen LogP contribution in [-0.2, 0) is 0 Å². The Morgan fingerprint density at radius 1 is 1.14 bits per heavy atom. The fraction of sp³-hybridized carbons (Fsp3) is 0.786. The first-order valence-corrected chi connectivity index (χ1v) is 8.66. The van der Waals surface area contributed by atoms with E-state index in [0.717, 1.165) is 26.2 Å².